The number of rotatable bonds is 5. The van der Waals surface area contributed by atoms with Crippen molar-refractivity contribution in [2.45, 2.75) is 12.8 Å². The molecule has 2 fully saturated rings. The van der Waals surface area contributed by atoms with E-state index in [9.17, 15) is 18.8 Å². The van der Waals surface area contributed by atoms with Gasteiger partial charge in [0.05, 0.1) is 23.0 Å². The lowest BCUT2D eigenvalue weighted by Crippen LogP contribution is -2.35. The van der Waals surface area contributed by atoms with Crippen molar-refractivity contribution in [2.24, 2.45) is 0 Å². The van der Waals surface area contributed by atoms with Gasteiger partial charge in [-0.05, 0) is 86.1 Å². The van der Waals surface area contributed by atoms with E-state index in [0.717, 1.165) is 25.2 Å². The zero-order valence-corrected chi connectivity index (χ0v) is 23.3. The van der Waals surface area contributed by atoms with E-state index in [1.807, 2.05) is 11.0 Å². The van der Waals surface area contributed by atoms with E-state index < -0.39 is 5.82 Å². The van der Waals surface area contributed by atoms with Crippen molar-refractivity contribution in [3.63, 3.8) is 0 Å². The minimum atomic E-state index is -0.390. The number of hydrogen-bond acceptors (Lipinski definition) is 6. The Labute approximate surface area is 244 Å². The monoisotopic (exact) mass is 568 g/mol. The number of nitriles is 1. The SMILES string of the molecule is N#Cc1ccc(C(=O)Nc2cc(C(=O)N3CCCNCC3)ccc2N2CCCN(C(=O)c3ccc(F)cc3)CC2)cc1. The third kappa shape index (κ3) is 6.75. The zero-order chi connectivity index (χ0) is 29.5. The van der Waals surface area contributed by atoms with Gasteiger partial charge in [-0.1, -0.05) is 0 Å². The van der Waals surface area contributed by atoms with Gasteiger partial charge in [-0.15, -0.1) is 0 Å². The normalized spacial score (nSPS) is 15.8. The molecule has 2 saturated heterocycles. The summed E-state index contributed by atoms with van der Waals surface area (Å²) < 4.78 is 13.4. The van der Waals surface area contributed by atoms with Crippen LogP contribution in [-0.2, 0) is 0 Å². The number of anilines is 2. The Kier molecular flexibility index (Phi) is 9.09. The molecule has 3 aromatic carbocycles. The maximum atomic E-state index is 13.4. The molecule has 0 spiro atoms. The number of amides is 3. The van der Waals surface area contributed by atoms with Gasteiger partial charge in [0, 0.05) is 62.5 Å². The van der Waals surface area contributed by atoms with Gasteiger partial charge in [0.25, 0.3) is 17.7 Å². The van der Waals surface area contributed by atoms with Crippen LogP contribution >= 0.6 is 0 Å². The Bertz CT molecular complexity index is 1480. The highest BCUT2D eigenvalue weighted by molar-refractivity contribution is 6.07. The summed E-state index contributed by atoms with van der Waals surface area (Å²) in [7, 11) is 0. The van der Waals surface area contributed by atoms with Crippen LogP contribution in [0.5, 0.6) is 0 Å². The van der Waals surface area contributed by atoms with E-state index in [1.165, 1.54) is 24.3 Å². The highest BCUT2D eigenvalue weighted by atomic mass is 19.1. The van der Waals surface area contributed by atoms with Crippen molar-refractivity contribution in [1.82, 2.24) is 15.1 Å². The molecule has 0 unspecified atom stereocenters. The first-order valence-electron chi connectivity index (χ1n) is 14.2. The van der Waals surface area contributed by atoms with E-state index in [0.29, 0.717) is 73.6 Å². The van der Waals surface area contributed by atoms with Crippen LogP contribution in [0.25, 0.3) is 0 Å². The molecular weight excluding hydrogens is 535 g/mol. The largest absolute Gasteiger partial charge is 0.368 e. The van der Waals surface area contributed by atoms with Crippen molar-refractivity contribution >= 4 is 29.1 Å². The van der Waals surface area contributed by atoms with Gasteiger partial charge < -0.3 is 25.3 Å². The summed E-state index contributed by atoms with van der Waals surface area (Å²) in [6, 6.07) is 19.3. The van der Waals surface area contributed by atoms with Crippen molar-refractivity contribution in [3.05, 3.63) is 94.8 Å². The van der Waals surface area contributed by atoms with Crippen LogP contribution in [0.2, 0.25) is 0 Å². The smallest absolute Gasteiger partial charge is 0.255 e. The second kappa shape index (κ2) is 13.3. The van der Waals surface area contributed by atoms with Crippen molar-refractivity contribution < 1.29 is 18.8 Å². The van der Waals surface area contributed by atoms with E-state index in [-0.39, 0.29) is 17.7 Å². The molecule has 3 aromatic rings. The fourth-order valence-corrected chi connectivity index (χ4v) is 5.30. The molecule has 2 aliphatic heterocycles. The van der Waals surface area contributed by atoms with Gasteiger partial charge in [-0.25, -0.2) is 4.39 Å². The minimum Gasteiger partial charge on any atom is -0.368 e. The summed E-state index contributed by atoms with van der Waals surface area (Å²) in [5, 5.41) is 15.4. The second-order valence-electron chi connectivity index (χ2n) is 10.4. The number of carbonyl (C=O) groups is 3. The Morgan fingerprint density at radius 1 is 0.738 bits per heavy atom. The molecular formula is C32H33FN6O3. The summed E-state index contributed by atoms with van der Waals surface area (Å²) in [6.07, 6.45) is 1.56. The van der Waals surface area contributed by atoms with Crippen LogP contribution in [0, 0.1) is 17.1 Å². The Hall–Kier alpha value is -4.75. The predicted octanol–water partition coefficient (Wildman–Crippen LogP) is 3.74. The van der Waals surface area contributed by atoms with E-state index >= 15 is 0 Å². The first-order valence-corrected chi connectivity index (χ1v) is 14.2. The fraction of sp³-hybridized carbons (Fsp3) is 0.312. The molecule has 2 heterocycles. The lowest BCUT2D eigenvalue weighted by Gasteiger charge is -2.27. The van der Waals surface area contributed by atoms with Gasteiger partial charge in [0.2, 0.25) is 0 Å². The minimum absolute atomic E-state index is 0.0916. The number of nitrogens with zero attached hydrogens (tertiary/aromatic N) is 4. The number of hydrogen-bond donors (Lipinski definition) is 2. The van der Waals surface area contributed by atoms with Crippen molar-refractivity contribution in [2.75, 3.05) is 62.6 Å². The summed E-state index contributed by atoms with van der Waals surface area (Å²) >= 11 is 0. The summed E-state index contributed by atoms with van der Waals surface area (Å²) in [4.78, 5) is 45.5. The molecule has 10 heteroatoms. The summed E-state index contributed by atoms with van der Waals surface area (Å²) in [6.45, 7) is 5.00. The number of carbonyl (C=O) groups excluding carboxylic acids is 3. The maximum absolute atomic E-state index is 13.4. The van der Waals surface area contributed by atoms with Gasteiger partial charge in [-0.3, -0.25) is 14.4 Å². The molecule has 0 saturated carbocycles. The molecule has 2 N–H and O–H groups in total. The quantitative estimate of drug-likeness (QED) is 0.486. The molecule has 216 valence electrons. The average Bonchev–Trinajstić information content (AvgIpc) is 3.45. The first kappa shape index (κ1) is 28.8. The number of benzene rings is 3. The zero-order valence-electron chi connectivity index (χ0n) is 23.3. The third-order valence-corrected chi connectivity index (χ3v) is 7.61. The maximum Gasteiger partial charge on any atom is 0.255 e. The number of nitrogens with one attached hydrogen (secondary N) is 2. The lowest BCUT2D eigenvalue weighted by molar-refractivity contribution is 0.0759. The predicted molar refractivity (Wildman–Crippen MR) is 158 cm³/mol. The molecule has 5 rings (SSSR count). The second-order valence-corrected chi connectivity index (χ2v) is 10.4. The molecule has 0 aliphatic carbocycles. The molecule has 0 radical (unpaired) electrons. The van der Waals surface area contributed by atoms with Crippen LogP contribution in [0.3, 0.4) is 0 Å². The molecule has 0 aromatic heterocycles. The Morgan fingerprint density at radius 2 is 1.40 bits per heavy atom. The molecule has 9 nitrogen and oxygen atoms in total. The number of halogens is 1. The van der Waals surface area contributed by atoms with Gasteiger partial charge >= 0.3 is 0 Å². The van der Waals surface area contributed by atoms with E-state index in [2.05, 4.69) is 21.6 Å². The fourth-order valence-electron chi connectivity index (χ4n) is 5.30. The summed E-state index contributed by atoms with van der Waals surface area (Å²) in [5.74, 6) is -0.990. The highest BCUT2D eigenvalue weighted by Crippen LogP contribution is 2.30. The lowest BCUT2D eigenvalue weighted by atomic mass is 10.1. The molecule has 0 bridgehead atoms. The highest BCUT2D eigenvalue weighted by Gasteiger charge is 2.24. The van der Waals surface area contributed by atoms with Gasteiger partial charge in [0.1, 0.15) is 5.82 Å². The third-order valence-electron chi connectivity index (χ3n) is 7.61. The summed E-state index contributed by atoms with van der Waals surface area (Å²) in [5.41, 5.74) is 3.02. The molecule has 0 atom stereocenters. The topological polar surface area (TPSA) is 109 Å². The van der Waals surface area contributed by atoms with E-state index in [4.69, 9.17) is 5.26 Å². The van der Waals surface area contributed by atoms with Gasteiger partial charge in [-0.2, -0.15) is 5.26 Å². The van der Waals surface area contributed by atoms with Crippen LogP contribution in [0.1, 0.15) is 49.5 Å². The van der Waals surface area contributed by atoms with Crippen LogP contribution in [-0.4, -0.2) is 79.9 Å². The van der Waals surface area contributed by atoms with E-state index in [1.54, 1.807) is 41.3 Å². The average molecular weight is 569 g/mol. The van der Waals surface area contributed by atoms with Crippen LogP contribution in [0.4, 0.5) is 15.8 Å². The Balaban J connectivity index is 1.39. The first-order chi connectivity index (χ1) is 20.4. The molecule has 42 heavy (non-hydrogen) atoms. The van der Waals surface area contributed by atoms with Gasteiger partial charge in [0.15, 0.2) is 0 Å². The van der Waals surface area contributed by atoms with Crippen molar-refractivity contribution in [1.29, 1.82) is 5.26 Å². The molecule has 3 amide bonds. The standard InChI is InChI=1S/C32H33FN6O3/c33-27-10-7-25(8-11-27)31(41)39-17-2-16-37(19-20-39)29-12-9-26(32(42)38-15-1-13-35-14-18-38)21-28(29)36-30(40)24-5-3-23(22-34)4-6-24/h3-12,21,35H,1-2,13-20H2,(H,36,40). The molecule has 2 aliphatic rings. The van der Waals surface area contributed by atoms with Crippen LogP contribution in [0.15, 0.2) is 66.7 Å². The van der Waals surface area contributed by atoms with Crippen molar-refractivity contribution in [3.8, 4) is 6.07 Å². The van der Waals surface area contributed by atoms with Crippen LogP contribution < -0.4 is 15.5 Å². The Morgan fingerprint density at radius 3 is 2.17 bits per heavy atom.